The molecule has 1 aromatic heterocycles. The van der Waals surface area contributed by atoms with Gasteiger partial charge in [0.05, 0.1) is 7.11 Å². The smallest absolute Gasteiger partial charge is 0.196 e. The first-order valence-corrected chi connectivity index (χ1v) is 12.8. The summed E-state index contributed by atoms with van der Waals surface area (Å²) in [4.78, 5) is 37.6. The Morgan fingerprint density at radius 2 is 1.39 bits per heavy atom. The molecule has 0 radical (unpaired) electrons. The fourth-order valence-corrected chi connectivity index (χ4v) is 5.64. The normalized spacial score (nSPS) is 17.9. The van der Waals surface area contributed by atoms with Gasteiger partial charge in [-0.1, -0.05) is 56.3 Å². The predicted octanol–water partition coefficient (Wildman–Crippen LogP) is 4.31. The van der Waals surface area contributed by atoms with Gasteiger partial charge in [-0.25, -0.2) is 0 Å². The van der Waals surface area contributed by atoms with E-state index in [2.05, 4.69) is 29.7 Å². The number of hydrogen-bond acceptors (Lipinski definition) is 6. The monoisotopic (exact) mass is 483 g/mol. The highest BCUT2D eigenvalue weighted by molar-refractivity contribution is 6.32. The first-order chi connectivity index (χ1) is 17.5. The molecule has 0 unspecified atom stereocenters. The Kier molecular flexibility index (Phi) is 6.73. The van der Waals surface area contributed by atoms with Gasteiger partial charge < -0.3 is 4.74 Å². The van der Waals surface area contributed by atoms with Crippen LogP contribution in [0, 0.1) is 0 Å². The van der Waals surface area contributed by atoms with Crippen LogP contribution < -0.4 is 4.74 Å². The number of hydrogen-bond donors (Lipinski definition) is 0. The third-order valence-corrected chi connectivity index (χ3v) is 7.58. The van der Waals surface area contributed by atoms with Crippen LogP contribution in [0.3, 0.4) is 0 Å². The number of piperazine rings is 1. The van der Waals surface area contributed by atoms with Crippen LogP contribution >= 0.6 is 0 Å². The fourth-order valence-electron chi connectivity index (χ4n) is 5.64. The van der Waals surface area contributed by atoms with Crippen molar-refractivity contribution in [3.63, 3.8) is 0 Å². The summed E-state index contributed by atoms with van der Waals surface area (Å²) < 4.78 is 5.54. The third-order valence-electron chi connectivity index (χ3n) is 7.58. The van der Waals surface area contributed by atoms with E-state index in [1.165, 1.54) is 0 Å². The molecule has 2 heterocycles. The quantitative estimate of drug-likeness (QED) is 0.467. The topological polar surface area (TPSA) is 62.7 Å². The Balaban J connectivity index is 1.51. The Morgan fingerprint density at radius 3 is 1.94 bits per heavy atom. The van der Waals surface area contributed by atoms with Gasteiger partial charge in [-0.3, -0.25) is 24.4 Å². The van der Waals surface area contributed by atoms with E-state index in [1.54, 1.807) is 19.2 Å². The maximum atomic E-state index is 14.2. The van der Waals surface area contributed by atoms with Gasteiger partial charge in [-0.05, 0) is 36.6 Å². The number of ketones is 2. The number of benzene rings is 2. The largest absolute Gasteiger partial charge is 0.496 e. The van der Waals surface area contributed by atoms with Gasteiger partial charge in [0.1, 0.15) is 5.75 Å². The molecule has 5 rings (SSSR count). The minimum Gasteiger partial charge on any atom is -0.496 e. The molecule has 0 bridgehead atoms. The lowest BCUT2D eigenvalue weighted by molar-refractivity contribution is 0.0278. The van der Waals surface area contributed by atoms with E-state index in [4.69, 9.17) is 9.72 Å². The number of pyridine rings is 1. The molecule has 2 aliphatic rings. The number of carbonyl (C=O) groups excluding carboxylic acids is 2. The van der Waals surface area contributed by atoms with E-state index in [-0.39, 0.29) is 11.6 Å². The molecule has 6 heteroatoms. The summed E-state index contributed by atoms with van der Waals surface area (Å²) in [5.74, 6) is 0.650. The highest BCUT2D eigenvalue weighted by Gasteiger charge is 2.58. The number of aromatic nitrogens is 1. The van der Waals surface area contributed by atoms with Crippen molar-refractivity contribution in [1.82, 2.24) is 14.8 Å². The van der Waals surface area contributed by atoms with Crippen molar-refractivity contribution in [3.05, 3.63) is 94.3 Å². The molecule has 0 spiro atoms. The summed E-state index contributed by atoms with van der Waals surface area (Å²) >= 11 is 0. The molecule has 6 nitrogen and oxygen atoms in total. The molecular formula is C30H33N3O3. The van der Waals surface area contributed by atoms with Crippen molar-refractivity contribution in [2.75, 3.05) is 33.3 Å². The maximum absolute atomic E-state index is 14.2. The molecule has 0 amide bonds. The Labute approximate surface area is 212 Å². The second kappa shape index (κ2) is 9.96. The summed E-state index contributed by atoms with van der Waals surface area (Å²) in [5.41, 5.74) is 3.43. The van der Waals surface area contributed by atoms with Crippen molar-refractivity contribution in [3.8, 4) is 5.75 Å². The van der Waals surface area contributed by atoms with Crippen LogP contribution in [0.2, 0.25) is 0 Å². The second-order valence-corrected chi connectivity index (χ2v) is 9.53. The maximum Gasteiger partial charge on any atom is 0.196 e. The van der Waals surface area contributed by atoms with Crippen molar-refractivity contribution < 1.29 is 14.3 Å². The van der Waals surface area contributed by atoms with Crippen LogP contribution in [0.1, 0.15) is 57.1 Å². The van der Waals surface area contributed by atoms with Crippen molar-refractivity contribution >= 4 is 11.6 Å². The molecule has 186 valence electrons. The van der Waals surface area contributed by atoms with Crippen LogP contribution in [0.15, 0.2) is 60.7 Å². The number of methoxy groups -OCH3 is 1. The number of Topliss-reactive ketones (excluding diaryl/α,β-unsaturated/α-hetero) is 2. The summed E-state index contributed by atoms with van der Waals surface area (Å²) in [6, 6.07) is 19.3. The lowest BCUT2D eigenvalue weighted by Crippen LogP contribution is -2.60. The Morgan fingerprint density at radius 1 is 0.833 bits per heavy atom. The molecule has 0 N–H and O–H groups in total. The molecule has 1 aliphatic heterocycles. The van der Waals surface area contributed by atoms with Crippen LogP contribution in [-0.4, -0.2) is 59.6 Å². The zero-order valence-corrected chi connectivity index (χ0v) is 21.3. The summed E-state index contributed by atoms with van der Waals surface area (Å²) in [7, 11) is 1.69. The third kappa shape index (κ3) is 3.94. The van der Waals surface area contributed by atoms with Gasteiger partial charge in [0.15, 0.2) is 17.1 Å². The minimum atomic E-state index is -1.34. The summed E-state index contributed by atoms with van der Waals surface area (Å²) in [5, 5.41) is 0. The SMILES string of the molecule is CCc1cc(C2(N3CCN(Cc4ccccc4OC)CC3)C(=O)c3ccccc3C2=O)cc(CC)n1. The van der Waals surface area contributed by atoms with E-state index < -0.39 is 5.54 Å². The molecule has 1 aliphatic carbocycles. The number of nitrogens with zero attached hydrogens (tertiary/aromatic N) is 3. The number of aryl methyl sites for hydroxylation is 2. The first-order valence-electron chi connectivity index (χ1n) is 12.8. The number of carbonyl (C=O) groups is 2. The molecular weight excluding hydrogens is 450 g/mol. The molecule has 36 heavy (non-hydrogen) atoms. The van der Waals surface area contributed by atoms with Gasteiger partial charge in [0.2, 0.25) is 0 Å². The first kappa shape index (κ1) is 24.3. The number of ether oxygens (including phenoxy) is 1. The molecule has 0 atom stereocenters. The molecule has 2 aromatic carbocycles. The summed E-state index contributed by atoms with van der Waals surface area (Å²) in [6.45, 7) is 7.62. The predicted molar refractivity (Wildman–Crippen MR) is 140 cm³/mol. The zero-order chi connectivity index (χ0) is 25.3. The summed E-state index contributed by atoms with van der Waals surface area (Å²) in [6.07, 6.45) is 1.50. The van der Waals surface area contributed by atoms with E-state index in [0.717, 1.165) is 60.7 Å². The second-order valence-electron chi connectivity index (χ2n) is 9.53. The average molecular weight is 484 g/mol. The van der Waals surface area contributed by atoms with E-state index in [1.807, 2.05) is 42.5 Å². The van der Waals surface area contributed by atoms with E-state index >= 15 is 0 Å². The zero-order valence-electron chi connectivity index (χ0n) is 21.3. The van der Waals surface area contributed by atoms with Crippen LogP contribution in [0.25, 0.3) is 0 Å². The van der Waals surface area contributed by atoms with Gasteiger partial charge in [0, 0.05) is 60.8 Å². The Bertz CT molecular complexity index is 1240. The molecule has 3 aromatic rings. The van der Waals surface area contributed by atoms with E-state index in [9.17, 15) is 9.59 Å². The van der Waals surface area contributed by atoms with Crippen molar-refractivity contribution in [2.45, 2.75) is 38.8 Å². The van der Waals surface area contributed by atoms with Gasteiger partial charge in [-0.2, -0.15) is 0 Å². The van der Waals surface area contributed by atoms with Crippen LogP contribution in [0.4, 0.5) is 0 Å². The van der Waals surface area contributed by atoms with Crippen molar-refractivity contribution in [2.24, 2.45) is 0 Å². The van der Waals surface area contributed by atoms with Crippen molar-refractivity contribution in [1.29, 1.82) is 0 Å². The minimum absolute atomic E-state index is 0.114. The highest BCUT2D eigenvalue weighted by Crippen LogP contribution is 2.43. The Hall–Kier alpha value is -3.35. The van der Waals surface area contributed by atoms with Gasteiger partial charge in [-0.15, -0.1) is 0 Å². The number of rotatable bonds is 7. The van der Waals surface area contributed by atoms with Crippen LogP contribution in [0.5, 0.6) is 5.75 Å². The number of para-hydroxylation sites is 1. The highest BCUT2D eigenvalue weighted by atomic mass is 16.5. The molecule has 0 saturated carbocycles. The van der Waals surface area contributed by atoms with Crippen LogP contribution in [-0.2, 0) is 24.9 Å². The molecule has 1 saturated heterocycles. The van der Waals surface area contributed by atoms with E-state index in [0.29, 0.717) is 24.2 Å². The standard InChI is InChI=1S/C30H33N3O3/c1-4-23-18-22(19-24(5-2)31-23)30(28(34)25-11-7-8-12-26(25)29(30)35)33-16-14-32(15-17-33)20-21-10-6-9-13-27(21)36-3/h6-13,18-19H,4-5,14-17,20H2,1-3H3. The van der Waals surface area contributed by atoms with Gasteiger partial charge >= 0.3 is 0 Å². The average Bonchev–Trinajstić information content (AvgIpc) is 3.16. The fraction of sp³-hybridized carbons (Fsp3) is 0.367. The lowest BCUT2D eigenvalue weighted by Gasteiger charge is -2.44. The lowest BCUT2D eigenvalue weighted by atomic mass is 9.81. The molecule has 1 fully saturated rings. The van der Waals surface area contributed by atoms with Gasteiger partial charge in [0.25, 0.3) is 0 Å². The number of fused-ring (bicyclic) bond motifs is 1.